The summed E-state index contributed by atoms with van der Waals surface area (Å²) < 4.78 is 0. The predicted octanol–water partition coefficient (Wildman–Crippen LogP) is 4.00. The molecule has 1 unspecified atom stereocenters. The SMILES string of the molecule is O=C(Cc1cccc(Cl)c1Cl)C1CCCS1. The van der Waals surface area contributed by atoms with Crippen LogP contribution < -0.4 is 0 Å². The molecule has 1 aliphatic heterocycles. The maximum Gasteiger partial charge on any atom is 0.150 e. The maximum absolute atomic E-state index is 12.0. The summed E-state index contributed by atoms with van der Waals surface area (Å²) in [6.07, 6.45) is 2.54. The summed E-state index contributed by atoms with van der Waals surface area (Å²) in [6.45, 7) is 0. The highest BCUT2D eigenvalue weighted by Gasteiger charge is 2.23. The minimum Gasteiger partial charge on any atom is -0.298 e. The van der Waals surface area contributed by atoms with Gasteiger partial charge in [-0.25, -0.2) is 0 Å². The Labute approximate surface area is 110 Å². The molecular formula is C12H12Cl2OS. The van der Waals surface area contributed by atoms with Gasteiger partial charge in [-0.3, -0.25) is 4.79 Å². The van der Waals surface area contributed by atoms with Crippen LogP contribution in [-0.4, -0.2) is 16.8 Å². The summed E-state index contributed by atoms with van der Waals surface area (Å²) in [4.78, 5) is 12.0. The average Bonchev–Trinajstić information content (AvgIpc) is 2.78. The summed E-state index contributed by atoms with van der Waals surface area (Å²) in [7, 11) is 0. The van der Waals surface area contributed by atoms with Crippen molar-refractivity contribution in [3.05, 3.63) is 33.8 Å². The highest BCUT2D eigenvalue weighted by molar-refractivity contribution is 8.00. The molecule has 0 bridgehead atoms. The average molecular weight is 275 g/mol. The Kier molecular flexibility index (Phi) is 4.17. The van der Waals surface area contributed by atoms with E-state index in [1.807, 2.05) is 12.1 Å². The van der Waals surface area contributed by atoms with Gasteiger partial charge in [0, 0.05) is 6.42 Å². The van der Waals surface area contributed by atoms with Gasteiger partial charge < -0.3 is 0 Å². The number of Topliss-reactive ketones (excluding diaryl/α,β-unsaturated/α-hetero) is 1. The Morgan fingerprint density at radius 2 is 2.25 bits per heavy atom. The molecule has 1 fully saturated rings. The monoisotopic (exact) mass is 274 g/mol. The lowest BCUT2D eigenvalue weighted by Gasteiger charge is -2.09. The highest BCUT2D eigenvalue weighted by atomic mass is 35.5. The molecule has 0 aromatic heterocycles. The number of rotatable bonds is 3. The number of thioether (sulfide) groups is 1. The lowest BCUT2D eigenvalue weighted by atomic mass is 10.0. The zero-order valence-corrected chi connectivity index (χ0v) is 11.0. The minimum atomic E-state index is 0.162. The van der Waals surface area contributed by atoms with Crippen LogP contribution in [0.5, 0.6) is 0 Å². The van der Waals surface area contributed by atoms with Gasteiger partial charge in [-0.05, 0) is 30.2 Å². The zero-order chi connectivity index (χ0) is 11.5. The second-order valence-corrected chi connectivity index (χ2v) is 5.95. The molecule has 0 aliphatic carbocycles. The standard InChI is InChI=1S/C12H12Cl2OS/c13-9-4-1-3-8(12(9)14)7-10(15)11-5-2-6-16-11/h1,3-4,11H,2,5-7H2. The molecule has 0 radical (unpaired) electrons. The fourth-order valence-corrected chi connectivity index (χ4v) is 3.43. The number of halogens is 2. The lowest BCUT2D eigenvalue weighted by Crippen LogP contribution is -2.16. The Bertz CT molecular complexity index is 400. The minimum absolute atomic E-state index is 0.162. The first-order valence-corrected chi connectivity index (χ1v) is 7.06. The van der Waals surface area contributed by atoms with Crippen LogP contribution in [0.3, 0.4) is 0 Å². The van der Waals surface area contributed by atoms with E-state index in [4.69, 9.17) is 23.2 Å². The van der Waals surface area contributed by atoms with Crippen LogP contribution in [0, 0.1) is 0 Å². The van der Waals surface area contributed by atoms with E-state index < -0.39 is 0 Å². The van der Waals surface area contributed by atoms with E-state index >= 15 is 0 Å². The van der Waals surface area contributed by atoms with Crippen molar-refractivity contribution in [2.24, 2.45) is 0 Å². The van der Waals surface area contributed by atoms with Crippen molar-refractivity contribution in [2.75, 3.05) is 5.75 Å². The maximum atomic E-state index is 12.0. The van der Waals surface area contributed by atoms with E-state index in [2.05, 4.69) is 0 Å². The molecular weight excluding hydrogens is 263 g/mol. The molecule has 4 heteroatoms. The van der Waals surface area contributed by atoms with E-state index in [-0.39, 0.29) is 11.0 Å². The molecule has 1 atom stereocenters. The first-order valence-electron chi connectivity index (χ1n) is 5.25. The van der Waals surface area contributed by atoms with Crippen LogP contribution >= 0.6 is 35.0 Å². The van der Waals surface area contributed by atoms with Gasteiger partial charge in [-0.2, -0.15) is 11.8 Å². The van der Waals surface area contributed by atoms with Gasteiger partial charge in [0.25, 0.3) is 0 Å². The summed E-state index contributed by atoms with van der Waals surface area (Å²) in [6, 6.07) is 5.44. The normalized spacial score (nSPS) is 20.0. The zero-order valence-electron chi connectivity index (χ0n) is 8.71. The molecule has 1 aromatic carbocycles. The molecule has 0 N–H and O–H groups in total. The largest absolute Gasteiger partial charge is 0.298 e. The van der Waals surface area contributed by atoms with Gasteiger partial charge in [-0.15, -0.1) is 0 Å². The van der Waals surface area contributed by atoms with Gasteiger partial charge in [-0.1, -0.05) is 35.3 Å². The predicted molar refractivity (Wildman–Crippen MR) is 70.7 cm³/mol. The van der Waals surface area contributed by atoms with Crippen LogP contribution in [0.4, 0.5) is 0 Å². The number of hydrogen-bond donors (Lipinski definition) is 0. The number of ketones is 1. The number of carbonyl (C=O) groups excluding carboxylic acids is 1. The van der Waals surface area contributed by atoms with Crippen molar-refractivity contribution in [1.29, 1.82) is 0 Å². The topological polar surface area (TPSA) is 17.1 Å². The molecule has 1 heterocycles. The van der Waals surface area contributed by atoms with E-state index in [9.17, 15) is 4.79 Å². The quantitative estimate of drug-likeness (QED) is 0.829. The van der Waals surface area contributed by atoms with E-state index in [0.29, 0.717) is 16.5 Å². The van der Waals surface area contributed by atoms with Gasteiger partial charge in [0.2, 0.25) is 0 Å². The Balaban J connectivity index is 2.08. The van der Waals surface area contributed by atoms with E-state index in [0.717, 1.165) is 24.2 Å². The molecule has 86 valence electrons. The van der Waals surface area contributed by atoms with E-state index in [1.165, 1.54) is 0 Å². The molecule has 1 nitrogen and oxygen atoms in total. The van der Waals surface area contributed by atoms with E-state index in [1.54, 1.807) is 17.8 Å². The Morgan fingerprint density at radius 3 is 2.94 bits per heavy atom. The highest BCUT2D eigenvalue weighted by Crippen LogP contribution is 2.30. The van der Waals surface area contributed by atoms with Crippen LogP contribution in [0.15, 0.2) is 18.2 Å². The summed E-state index contributed by atoms with van der Waals surface area (Å²) in [5.74, 6) is 1.37. The number of hydrogen-bond acceptors (Lipinski definition) is 2. The molecule has 1 saturated heterocycles. The van der Waals surface area contributed by atoms with Crippen molar-refractivity contribution in [3.63, 3.8) is 0 Å². The smallest absolute Gasteiger partial charge is 0.150 e. The number of benzene rings is 1. The molecule has 16 heavy (non-hydrogen) atoms. The van der Waals surface area contributed by atoms with Gasteiger partial charge in [0.05, 0.1) is 15.3 Å². The Hall–Kier alpha value is -0.180. The summed E-state index contributed by atoms with van der Waals surface area (Å²) >= 11 is 13.7. The molecule has 0 spiro atoms. The lowest BCUT2D eigenvalue weighted by molar-refractivity contribution is -0.117. The van der Waals surface area contributed by atoms with Gasteiger partial charge in [0.1, 0.15) is 5.78 Å². The fourth-order valence-electron chi connectivity index (χ4n) is 1.82. The third-order valence-electron chi connectivity index (χ3n) is 2.69. The fraction of sp³-hybridized carbons (Fsp3) is 0.417. The van der Waals surface area contributed by atoms with Crippen molar-refractivity contribution in [3.8, 4) is 0 Å². The van der Waals surface area contributed by atoms with Crippen LogP contribution in [0.2, 0.25) is 10.0 Å². The number of carbonyl (C=O) groups is 1. The van der Waals surface area contributed by atoms with Gasteiger partial charge in [0.15, 0.2) is 0 Å². The van der Waals surface area contributed by atoms with Crippen LogP contribution in [-0.2, 0) is 11.2 Å². The second-order valence-electron chi connectivity index (χ2n) is 3.86. The first-order chi connectivity index (χ1) is 7.68. The summed E-state index contributed by atoms with van der Waals surface area (Å²) in [5.41, 5.74) is 0.840. The van der Waals surface area contributed by atoms with Crippen molar-refractivity contribution >= 4 is 40.7 Å². The van der Waals surface area contributed by atoms with Crippen LogP contribution in [0.25, 0.3) is 0 Å². The molecule has 0 saturated carbocycles. The van der Waals surface area contributed by atoms with Crippen molar-refractivity contribution < 1.29 is 4.79 Å². The first kappa shape index (κ1) is 12.3. The Morgan fingerprint density at radius 1 is 1.44 bits per heavy atom. The van der Waals surface area contributed by atoms with Crippen LogP contribution in [0.1, 0.15) is 18.4 Å². The van der Waals surface area contributed by atoms with Crippen molar-refractivity contribution in [1.82, 2.24) is 0 Å². The molecule has 0 amide bonds. The van der Waals surface area contributed by atoms with Gasteiger partial charge >= 0.3 is 0 Å². The molecule has 1 aromatic rings. The third kappa shape index (κ3) is 2.73. The third-order valence-corrected chi connectivity index (χ3v) is 4.97. The van der Waals surface area contributed by atoms with Crippen molar-refractivity contribution in [2.45, 2.75) is 24.5 Å². The second kappa shape index (κ2) is 5.44. The summed E-state index contributed by atoms with van der Waals surface area (Å²) in [5, 5.41) is 1.20. The molecule has 1 aliphatic rings. The molecule has 2 rings (SSSR count).